The second-order valence-corrected chi connectivity index (χ2v) is 5.99. The lowest BCUT2D eigenvalue weighted by Crippen LogP contribution is -2.41. The van der Waals surface area contributed by atoms with Crippen LogP contribution in [0.5, 0.6) is 5.75 Å². The maximum Gasteiger partial charge on any atom is 0.223 e. The quantitative estimate of drug-likeness (QED) is 0.241. The van der Waals surface area contributed by atoms with Gasteiger partial charge in [-0.25, -0.2) is 4.99 Å². The Morgan fingerprint density at radius 2 is 1.96 bits per heavy atom. The van der Waals surface area contributed by atoms with Gasteiger partial charge in [-0.05, 0) is 43.9 Å². The predicted octanol–water partition coefficient (Wildman–Crippen LogP) is 2.20. The molecule has 0 bridgehead atoms. The number of rotatable bonds is 8. The Labute approximate surface area is 167 Å². The van der Waals surface area contributed by atoms with Crippen LogP contribution in [-0.4, -0.2) is 38.6 Å². The van der Waals surface area contributed by atoms with E-state index < -0.39 is 0 Å². The molecule has 0 saturated heterocycles. The number of benzene rings is 1. The van der Waals surface area contributed by atoms with E-state index in [0.29, 0.717) is 19.6 Å². The van der Waals surface area contributed by atoms with Crippen molar-refractivity contribution in [1.82, 2.24) is 16.0 Å². The summed E-state index contributed by atoms with van der Waals surface area (Å²) in [6.45, 7) is 6.71. The highest BCUT2D eigenvalue weighted by molar-refractivity contribution is 14.0. The SMILES string of the molecule is CCNC(=NCc1ccc(OC)c(C)c1)NCCNC(=O)C1CC1.I. The molecule has 1 amide bonds. The zero-order chi connectivity index (χ0) is 17.4. The summed E-state index contributed by atoms with van der Waals surface area (Å²) in [5.74, 6) is 2.07. The lowest BCUT2D eigenvalue weighted by Gasteiger charge is -2.12. The van der Waals surface area contributed by atoms with Gasteiger partial charge >= 0.3 is 0 Å². The van der Waals surface area contributed by atoms with E-state index in [1.54, 1.807) is 7.11 Å². The normalized spacial score (nSPS) is 13.6. The third-order valence-corrected chi connectivity index (χ3v) is 3.89. The smallest absolute Gasteiger partial charge is 0.223 e. The van der Waals surface area contributed by atoms with Crippen molar-refractivity contribution in [3.8, 4) is 5.75 Å². The molecule has 1 aliphatic carbocycles. The van der Waals surface area contributed by atoms with Gasteiger partial charge in [-0.15, -0.1) is 24.0 Å². The number of aliphatic imine (C=N–C) groups is 1. The summed E-state index contributed by atoms with van der Waals surface area (Å²) < 4.78 is 5.28. The minimum atomic E-state index is 0. The first-order valence-corrected chi connectivity index (χ1v) is 8.57. The molecule has 7 heteroatoms. The molecule has 1 aromatic rings. The van der Waals surface area contributed by atoms with Gasteiger partial charge in [0, 0.05) is 25.6 Å². The van der Waals surface area contributed by atoms with E-state index in [-0.39, 0.29) is 35.8 Å². The van der Waals surface area contributed by atoms with Gasteiger partial charge in [-0.1, -0.05) is 12.1 Å². The Kier molecular flexibility index (Phi) is 9.62. The molecule has 1 aliphatic rings. The highest BCUT2D eigenvalue weighted by Crippen LogP contribution is 2.28. The van der Waals surface area contributed by atoms with E-state index in [9.17, 15) is 4.79 Å². The maximum atomic E-state index is 11.6. The number of carbonyl (C=O) groups excluding carboxylic acids is 1. The van der Waals surface area contributed by atoms with Gasteiger partial charge in [-0.3, -0.25) is 4.79 Å². The second kappa shape index (κ2) is 11.2. The fourth-order valence-electron chi connectivity index (χ4n) is 2.41. The van der Waals surface area contributed by atoms with Crippen molar-refractivity contribution in [2.24, 2.45) is 10.9 Å². The molecule has 1 fully saturated rings. The van der Waals surface area contributed by atoms with Crippen molar-refractivity contribution in [1.29, 1.82) is 0 Å². The van der Waals surface area contributed by atoms with E-state index in [1.807, 2.05) is 26.0 Å². The first kappa shape index (κ1) is 21.5. The number of carbonyl (C=O) groups is 1. The van der Waals surface area contributed by atoms with Crippen molar-refractivity contribution in [3.05, 3.63) is 29.3 Å². The first-order valence-electron chi connectivity index (χ1n) is 8.57. The summed E-state index contributed by atoms with van der Waals surface area (Å²) in [5.41, 5.74) is 2.23. The number of nitrogens with zero attached hydrogens (tertiary/aromatic N) is 1. The average molecular weight is 460 g/mol. The van der Waals surface area contributed by atoms with E-state index in [0.717, 1.165) is 42.2 Å². The molecule has 2 rings (SSSR count). The summed E-state index contributed by atoms with van der Waals surface area (Å²) >= 11 is 0. The van der Waals surface area contributed by atoms with Gasteiger partial charge < -0.3 is 20.7 Å². The Morgan fingerprint density at radius 3 is 2.56 bits per heavy atom. The molecule has 0 atom stereocenters. The van der Waals surface area contributed by atoms with Crippen LogP contribution in [0.1, 0.15) is 30.9 Å². The van der Waals surface area contributed by atoms with Crippen molar-refractivity contribution < 1.29 is 9.53 Å². The Bertz CT molecular complexity index is 588. The van der Waals surface area contributed by atoms with Crippen molar-refractivity contribution in [2.45, 2.75) is 33.2 Å². The summed E-state index contributed by atoms with van der Waals surface area (Å²) in [6.07, 6.45) is 2.06. The largest absolute Gasteiger partial charge is 0.496 e. The van der Waals surface area contributed by atoms with E-state index in [1.165, 1.54) is 0 Å². The Balaban J connectivity index is 0.00000312. The van der Waals surface area contributed by atoms with Crippen molar-refractivity contribution in [3.63, 3.8) is 0 Å². The second-order valence-electron chi connectivity index (χ2n) is 5.99. The molecule has 0 unspecified atom stereocenters. The molecule has 0 radical (unpaired) electrons. The summed E-state index contributed by atoms with van der Waals surface area (Å²) in [5, 5.41) is 9.39. The molecule has 25 heavy (non-hydrogen) atoms. The number of guanidine groups is 1. The molecule has 0 heterocycles. The fourth-order valence-corrected chi connectivity index (χ4v) is 2.41. The van der Waals surface area contributed by atoms with E-state index >= 15 is 0 Å². The predicted molar refractivity (Wildman–Crippen MR) is 112 cm³/mol. The topological polar surface area (TPSA) is 74.8 Å². The van der Waals surface area contributed by atoms with Crippen LogP contribution in [-0.2, 0) is 11.3 Å². The summed E-state index contributed by atoms with van der Waals surface area (Å²) in [4.78, 5) is 16.2. The standard InChI is InChI=1S/C18H28N4O2.HI/c1-4-19-18(21-10-9-20-17(23)15-6-7-15)22-12-14-5-8-16(24-3)13(2)11-14;/h5,8,11,15H,4,6-7,9-10,12H2,1-3H3,(H,20,23)(H2,19,21,22);1H. The lowest BCUT2D eigenvalue weighted by molar-refractivity contribution is -0.122. The number of hydrogen-bond acceptors (Lipinski definition) is 3. The number of nitrogens with one attached hydrogen (secondary N) is 3. The Morgan fingerprint density at radius 1 is 1.24 bits per heavy atom. The highest BCUT2D eigenvalue weighted by Gasteiger charge is 2.28. The van der Waals surface area contributed by atoms with Crippen LogP contribution >= 0.6 is 24.0 Å². The maximum absolute atomic E-state index is 11.6. The molecular formula is C18H29IN4O2. The first-order chi connectivity index (χ1) is 11.6. The zero-order valence-electron chi connectivity index (χ0n) is 15.2. The summed E-state index contributed by atoms with van der Waals surface area (Å²) in [7, 11) is 1.68. The number of amides is 1. The number of hydrogen-bond donors (Lipinski definition) is 3. The Hall–Kier alpha value is -1.51. The minimum absolute atomic E-state index is 0. The molecule has 3 N–H and O–H groups in total. The van der Waals surface area contributed by atoms with E-state index in [4.69, 9.17) is 4.74 Å². The minimum Gasteiger partial charge on any atom is -0.496 e. The van der Waals surface area contributed by atoms with Gasteiger partial charge in [0.05, 0.1) is 13.7 Å². The highest BCUT2D eigenvalue weighted by atomic mass is 127. The van der Waals surface area contributed by atoms with Crippen LogP contribution in [0.2, 0.25) is 0 Å². The third-order valence-electron chi connectivity index (χ3n) is 3.89. The van der Waals surface area contributed by atoms with Crippen molar-refractivity contribution >= 4 is 35.8 Å². The fraction of sp³-hybridized carbons (Fsp3) is 0.556. The zero-order valence-corrected chi connectivity index (χ0v) is 17.6. The number of halogens is 1. The number of ether oxygens (including phenoxy) is 1. The summed E-state index contributed by atoms with van der Waals surface area (Å²) in [6, 6.07) is 6.07. The molecular weight excluding hydrogens is 431 g/mol. The van der Waals surface area contributed by atoms with Gasteiger partial charge in [0.25, 0.3) is 0 Å². The lowest BCUT2D eigenvalue weighted by atomic mass is 10.1. The molecule has 140 valence electrons. The van der Waals surface area contributed by atoms with Crippen LogP contribution in [0, 0.1) is 12.8 Å². The van der Waals surface area contributed by atoms with Crippen LogP contribution in [0.4, 0.5) is 0 Å². The molecule has 1 saturated carbocycles. The van der Waals surface area contributed by atoms with Gasteiger partial charge in [0.15, 0.2) is 5.96 Å². The number of methoxy groups -OCH3 is 1. The van der Waals surface area contributed by atoms with Gasteiger partial charge in [0.1, 0.15) is 5.75 Å². The van der Waals surface area contributed by atoms with Crippen LogP contribution < -0.4 is 20.7 Å². The van der Waals surface area contributed by atoms with Gasteiger partial charge in [0.2, 0.25) is 5.91 Å². The monoisotopic (exact) mass is 460 g/mol. The van der Waals surface area contributed by atoms with Crippen LogP contribution in [0.15, 0.2) is 23.2 Å². The van der Waals surface area contributed by atoms with Crippen LogP contribution in [0.3, 0.4) is 0 Å². The van der Waals surface area contributed by atoms with Gasteiger partial charge in [-0.2, -0.15) is 0 Å². The molecule has 6 nitrogen and oxygen atoms in total. The average Bonchev–Trinajstić information content (AvgIpc) is 3.41. The molecule has 0 aliphatic heterocycles. The molecule has 1 aromatic carbocycles. The molecule has 0 spiro atoms. The van der Waals surface area contributed by atoms with Crippen molar-refractivity contribution in [2.75, 3.05) is 26.7 Å². The van der Waals surface area contributed by atoms with E-state index in [2.05, 4.69) is 27.0 Å². The third kappa shape index (κ3) is 7.50. The van der Waals surface area contributed by atoms with Crippen LogP contribution in [0.25, 0.3) is 0 Å². The molecule has 0 aromatic heterocycles. The number of aryl methyl sites for hydroxylation is 1.